The predicted molar refractivity (Wildman–Crippen MR) is 124 cm³/mol. The molecule has 0 aliphatic heterocycles. The van der Waals surface area contributed by atoms with Gasteiger partial charge in [0.15, 0.2) is 4.34 Å². The highest BCUT2D eigenvalue weighted by atomic mass is 32.2. The Kier molecular flexibility index (Phi) is 6.15. The molecule has 0 spiro atoms. The van der Waals surface area contributed by atoms with Crippen LogP contribution in [0.3, 0.4) is 0 Å². The van der Waals surface area contributed by atoms with Crippen molar-refractivity contribution in [2.24, 2.45) is 0 Å². The molecule has 4 rings (SSSR count). The highest BCUT2D eigenvalue weighted by Crippen LogP contribution is 2.37. The molecule has 7 nitrogen and oxygen atoms in total. The third-order valence-corrected chi connectivity index (χ3v) is 6.64. The van der Waals surface area contributed by atoms with Crippen molar-refractivity contribution in [1.29, 1.82) is 0 Å². The molecule has 2 heterocycles. The molecule has 0 saturated carbocycles. The molecule has 0 radical (unpaired) electrons. The Balaban J connectivity index is 1.61. The van der Waals surface area contributed by atoms with Crippen LogP contribution in [0.5, 0.6) is 0 Å². The molecule has 0 bridgehead atoms. The summed E-state index contributed by atoms with van der Waals surface area (Å²) in [5.74, 6) is -1.29. The molecule has 156 valence electrons. The summed E-state index contributed by atoms with van der Waals surface area (Å²) in [6.07, 6.45) is 1.54. The van der Waals surface area contributed by atoms with Crippen molar-refractivity contribution in [3.63, 3.8) is 0 Å². The molecule has 31 heavy (non-hydrogen) atoms. The van der Waals surface area contributed by atoms with Gasteiger partial charge in [-0.1, -0.05) is 71.6 Å². The Hall–Kier alpha value is -3.43. The first kappa shape index (κ1) is 20.8. The van der Waals surface area contributed by atoms with Crippen LogP contribution in [-0.4, -0.2) is 40.4 Å². The van der Waals surface area contributed by atoms with Gasteiger partial charge in [-0.15, -0.1) is 0 Å². The fourth-order valence-corrected chi connectivity index (χ4v) is 4.91. The minimum atomic E-state index is -0.742. The zero-order valence-electron chi connectivity index (χ0n) is 16.5. The number of thiazole rings is 1. The standard InChI is InChI=1S/C22H18N4O3S2/c1-23-17(27)12-30-22-25-18(13-7-3-2-4-8-13)21(31-22)26-20(29)19(28)15-11-24-16-10-6-5-9-14(15)16/h2-11,24H,12H2,1H3,(H,23,27)(H,26,29). The second-order valence-corrected chi connectivity index (χ2v) is 8.74. The van der Waals surface area contributed by atoms with Crippen molar-refractivity contribution in [2.45, 2.75) is 4.34 Å². The van der Waals surface area contributed by atoms with Gasteiger partial charge in [0, 0.05) is 29.7 Å². The van der Waals surface area contributed by atoms with Crippen LogP contribution in [0.4, 0.5) is 5.00 Å². The number of fused-ring (bicyclic) bond motifs is 1. The van der Waals surface area contributed by atoms with Gasteiger partial charge in [-0.05, 0) is 6.07 Å². The molecule has 0 saturated heterocycles. The fraction of sp³-hybridized carbons (Fsp3) is 0.0909. The third-order valence-electron chi connectivity index (χ3n) is 4.53. The van der Waals surface area contributed by atoms with E-state index in [2.05, 4.69) is 20.6 Å². The topological polar surface area (TPSA) is 104 Å². The monoisotopic (exact) mass is 450 g/mol. The average molecular weight is 451 g/mol. The number of carbonyl (C=O) groups is 3. The zero-order chi connectivity index (χ0) is 21.8. The van der Waals surface area contributed by atoms with E-state index in [0.717, 1.165) is 11.1 Å². The molecule has 2 amide bonds. The van der Waals surface area contributed by atoms with Crippen LogP contribution in [0.1, 0.15) is 10.4 Å². The highest BCUT2D eigenvalue weighted by molar-refractivity contribution is 8.01. The maximum atomic E-state index is 12.8. The number of benzene rings is 2. The van der Waals surface area contributed by atoms with E-state index in [9.17, 15) is 14.4 Å². The van der Waals surface area contributed by atoms with E-state index in [1.165, 1.54) is 23.1 Å². The maximum absolute atomic E-state index is 12.8. The average Bonchev–Trinajstić information content (AvgIpc) is 3.41. The number of hydrogen-bond acceptors (Lipinski definition) is 6. The zero-order valence-corrected chi connectivity index (χ0v) is 18.1. The van der Waals surface area contributed by atoms with E-state index in [-0.39, 0.29) is 11.7 Å². The summed E-state index contributed by atoms with van der Waals surface area (Å²) in [6.45, 7) is 0. The lowest BCUT2D eigenvalue weighted by Crippen LogP contribution is -2.22. The second-order valence-electron chi connectivity index (χ2n) is 6.52. The molecule has 0 aliphatic rings. The fourth-order valence-electron chi connectivity index (χ4n) is 2.98. The predicted octanol–water partition coefficient (Wildman–Crippen LogP) is 3.95. The number of Topliss-reactive ketones (excluding diaryl/α,β-unsaturated/α-hetero) is 1. The lowest BCUT2D eigenvalue weighted by Gasteiger charge is -2.04. The van der Waals surface area contributed by atoms with Gasteiger partial charge in [-0.25, -0.2) is 4.98 Å². The van der Waals surface area contributed by atoms with E-state index in [1.54, 1.807) is 19.3 Å². The first-order chi connectivity index (χ1) is 15.1. The van der Waals surface area contributed by atoms with Crippen LogP contribution in [0, 0.1) is 0 Å². The van der Waals surface area contributed by atoms with Crippen LogP contribution in [0.2, 0.25) is 0 Å². The van der Waals surface area contributed by atoms with Gasteiger partial charge >= 0.3 is 0 Å². The van der Waals surface area contributed by atoms with Crippen molar-refractivity contribution < 1.29 is 14.4 Å². The number of nitrogens with one attached hydrogen (secondary N) is 3. The lowest BCUT2D eigenvalue weighted by molar-refractivity contribution is -0.118. The molecule has 0 unspecified atom stereocenters. The molecule has 0 atom stereocenters. The number of para-hydroxylation sites is 1. The number of ketones is 1. The Morgan fingerprint density at radius 3 is 2.58 bits per heavy atom. The van der Waals surface area contributed by atoms with Crippen LogP contribution >= 0.6 is 23.1 Å². The van der Waals surface area contributed by atoms with E-state index in [1.807, 2.05) is 48.5 Å². The molecule has 4 aromatic rings. The number of aromatic amines is 1. The van der Waals surface area contributed by atoms with Crippen LogP contribution in [-0.2, 0) is 9.59 Å². The minimum absolute atomic E-state index is 0.124. The van der Waals surface area contributed by atoms with Gasteiger partial charge in [0.05, 0.1) is 11.3 Å². The van der Waals surface area contributed by atoms with E-state index >= 15 is 0 Å². The van der Waals surface area contributed by atoms with Gasteiger partial charge in [-0.2, -0.15) is 0 Å². The first-order valence-electron chi connectivity index (χ1n) is 9.38. The van der Waals surface area contributed by atoms with Crippen molar-refractivity contribution in [3.05, 3.63) is 66.4 Å². The van der Waals surface area contributed by atoms with E-state index in [0.29, 0.717) is 26.0 Å². The molecular formula is C22H18N4O3S2. The van der Waals surface area contributed by atoms with Gasteiger partial charge in [0.2, 0.25) is 5.91 Å². The van der Waals surface area contributed by atoms with Gasteiger partial charge in [-0.3, -0.25) is 14.4 Å². The molecule has 2 aromatic heterocycles. The number of amides is 2. The largest absolute Gasteiger partial charge is 0.360 e. The number of thioether (sulfide) groups is 1. The number of rotatable bonds is 7. The molecule has 0 aliphatic carbocycles. The third kappa shape index (κ3) is 4.52. The lowest BCUT2D eigenvalue weighted by atomic mass is 10.1. The number of nitrogens with zero attached hydrogens (tertiary/aromatic N) is 1. The van der Waals surface area contributed by atoms with E-state index < -0.39 is 11.7 Å². The normalized spacial score (nSPS) is 10.7. The second kappa shape index (κ2) is 9.15. The molecule has 0 fully saturated rings. The summed E-state index contributed by atoms with van der Waals surface area (Å²) >= 11 is 2.51. The Labute approximate surface area is 186 Å². The summed E-state index contributed by atoms with van der Waals surface area (Å²) in [5.41, 5.74) is 2.47. The summed E-state index contributed by atoms with van der Waals surface area (Å²) in [6, 6.07) is 16.7. The molecular weight excluding hydrogens is 432 g/mol. The quantitative estimate of drug-likeness (QED) is 0.225. The SMILES string of the molecule is CNC(=O)CSc1nc(-c2ccccc2)c(NC(=O)C(=O)c2c[nH]c3ccccc23)s1. The number of H-pyrrole nitrogens is 1. The van der Waals surface area contributed by atoms with Gasteiger partial charge in [0.1, 0.15) is 10.7 Å². The summed E-state index contributed by atoms with van der Waals surface area (Å²) in [5, 5.41) is 6.44. The first-order valence-corrected chi connectivity index (χ1v) is 11.2. The molecule has 2 aromatic carbocycles. The minimum Gasteiger partial charge on any atom is -0.360 e. The summed E-state index contributed by atoms with van der Waals surface area (Å²) < 4.78 is 0.622. The maximum Gasteiger partial charge on any atom is 0.297 e. The smallest absolute Gasteiger partial charge is 0.297 e. The highest BCUT2D eigenvalue weighted by Gasteiger charge is 2.23. The summed E-state index contributed by atoms with van der Waals surface area (Å²) in [4.78, 5) is 44.8. The van der Waals surface area contributed by atoms with Crippen molar-refractivity contribution in [3.8, 4) is 11.3 Å². The summed E-state index contributed by atoms with van der Waals surface area (Å²) in [7, 11) is 1.57. The number of carbonyl (C=O) groups excluding carboxylic acids is 3. The molecule has 3 N–H and O–H groups in total. The molecule has 9 heteroatoms. The van der Waals surface area contributed by atoms with Crippen molar-refractivity contribution >= 4 is 56.6 Å². The van der Waals surface area contributed by atoms with Gasteiger partial charge < -0.3 is 15.6 Å². The Morgan fingerprint density at radius 2 is 1.81 bits per heavy atom. The van der Waals surface area contributed by atoms with Gasteiger partial charge in [0.25, 0.3) is 11.7 Å². The van der Waals surface area contributed by atoms with Crippen molar-refractivity contribution in [2.75, 3.05) is 18.1 Å². The number of hydrogen-bond donors (Lipinski definition) is 3. The van der Waals surface area contributed by atoms with E-state index in [4.69, 9.17) is 0 Å². The van der Waals surface area contributed by atoms with Crippen LogP contribution in [0.25, 0.3) is 22.2 Å². The number of aromatic nitrogens is 2. The van der Waals surface area contributed by atoms with Crippen LogP contribution < -0.4 is 10.6 Å². The number of anilines is 1. The Bertz CT molecular complexity index is 1260. The van der Waals surface area contributed by atoms with Crippen molar-refractivity contribution in [1.82, 2.24) is 15.3 Å². The van der Waals surface area contributed by atoms with Crippen LogP contribution in [0.15, 0.2) is 65.1 Å². The Morgan fingerprint density at radius 1 is 1.06 bits per heavy atom.